The van der Waals surface area contributed by atoms with Gasteiger partial charge in [0.1, 0.15) is 5.75 Å². The van der Waals surface area contributed by atoms with E-state index in [1.165, 1.54) is 0 Å². The van der Waals surface area contributed by atoms with E-state index in [1.807, 2.05) is 42.5 Å². The number of hydrogen-bond acceptors (Lipinski definition) is 4. The van der Waals surface area contributed by atoms with Crippen LogP contribution in [0.1, 0.15) is 5.56 Å². The second-order valence-electron chi connectivity index (χ2n) is 4.22. The second kappa shape index (κ2) is 6.34. The summed E-state index contributed by atoms with van der Waals surface area (Å²) in [6, 6.07) is 13.1. The fraction of sp³-hybridized carbons (Fsp3) is 0.133. The van der Waals surface area contributed by atoms with Crippen molar-refractivity contribution in [3.63, 3.8) is 0 Å². The SMILES string of the molecule is COc1ccc(Sc2ccc(CC(=O)O)cc2)cc1N. The van der Waals surface area contributed by atoms with Crippen LogP contribution in [-0.4, -0.2) is 18.2 Å². The lowest BCUT2D eigenvalue weighted by atomic mass is 10.2. The van der Waals surface area contributed by atoms with Gasteiger partial charge < -0.3 is 15.6 Å². The molecule has 0 radical (unpaired) electrons. The van der Waals surface area contributed by atoms with E-state index in [2.05, 4.69) is 0 Å². The maximum Gasteiger partial charge on any atom is 0.307 e. The third kappa shape index (κ3) is 3.68. The molecule has 0 heterocycles. The van der Waals surface area contributed by atoms with Crippen LogP contribution in [0, 0.1) is 0 Å². The van der Waals surface area contributed by atoms with Crippen molar-refractivity contribution in [1.29, 1.82) is 0 Å². The summed E-state index contributed by atoms with van der Waals surface area (Å²) in [5.74, 6) is -0.167. The quantitative estimate of drug-likeness (QED) is 0.828. The standard InChI is InChI=1S/C15H15NO3S/c1-19-14-7-6-12(9-13(14)16)20-11-4-2-10(3-5-11)8-15(17)18/h2-7,9H,8,16H2,1H3,(H,17,18). The van der Waals surface area contributed by atoms with Gasteiger partial charge in [-0.2, -0.15) is 0 Å². The smallest absolute Gasteiger partial charge is 0.307 e. The Morgan fingerprint density at radius 3 is 2.40 bits per heavy atom. The zero-order valence-electron chi connectivity index (χ0n) is 11.0. The van der Waals surface area contributed by atoms with Crippen molar-refractivity contribution in [2.75, 3.05) is 12.8 Å². The van der Waals surface area contributed by atoms with Gasteiger partial charge in [-0.3, -0.25) is 4.79 Å². The minimum absolute atomic E-state index is 0.0421. The third-order valence-electron chi connectivity index (χ3n) is 2.72. The highest BCUT2D eigenvalue weighted by molar-refractivity contribution is 7.99. The minimum atomic E-state index is -0.826. The molecule has 2 rings (SSSR count). The van der Waals surface area contributed by atoms with Gasteiger partial charge >= 0.3 is 5.97 Å². The van der Waals surface area contributed by atoms with Crippen LogP contribution in [0.15, 0.2) is 52.3 Å². The Morgan fingerprint density at radius 1 is 1.20 bits per heavy atom. The van der Waals surface area contributed by atoms with Crippen molar-refractivity contribution in [2.24, 2.45) is 0 Å². The molecule has 5 heteroatoms. The van der Waals surface area contributed by atoms with Crippen LogP contribution in [0.3, 0.4) is 0 Å². The monoisotopic (exact) mass is 289 g/mol. The maximum absolute atomic E-state index is 10.6. The Morgan fingerprint density at radius 2 is 1.85 bits per heavy atom. The van der Waals surface area contributed by atoms with Gasteiger partial charge in [-0.15, -0.1) is 0 Å². The van der Waals surface area contributed by atoms with Crippen molar-refractivity contribution < 1.29 is 14.6 Å². The largest absolute Gasteiger partial charge is 0.495 e. The molecule has 0 spiro atoms. The van der Waals surface area contributed by atoms with Crippen molar-refractivity contribution in [3.05, 3.63) is 48.0 Å². The molecule has 2 aromatic rings. The number of benzene rings is 2. The molecule has 2 aromatic carbocycles. The van der Waals surface area contributed by atoms with E-state index in [0.717, 1.165) is 15.4 Å². The maximum atomic E-state index is 10.6. The molecule has 0 aromatic heterocycles. The Bertz CT molecular complexity index is 611. The number of anilines is 1. The number of carboxylic acids is 1. The number of aliphatic carboxylic acids is 1. The van der Waals surface area contributed by atoms with Crippen LogP contribution in [0.25, 0.3) is 0 Å². The molecule has 3 N–H and O–H groups in total. The van der Waals surface area contributed by atoms with Crippen molar-refractivity contribution in [2.45, 2.75) is 16.2 Å². The summed E-state index contributed by atoms with van der Waals surface area (Å²) in [6.07, 6.45) is 0.0421. The van der Waals surface area contributed by atoms with E-state index in [0.29, 0.717) is 11.4 Å². The van der Waals surface area contributed by atoms with Crippen LogP contribution in [0.5, 0.6) is 5.75 Å². The van der Waals surface area contributed by atoms with Gasteiger partial charge in [-0.1, -0.05) is 23.9 Å². The Balaban J connectivity index is 2.10. The molecular weight excluding hydrogens is 274 g/mol. The molecular formula is C15H15NO3S. The summed E-state index contributed by atoms with van der Waals surface area (Å²) in [5, 5.41) is 8.72. The number of hydrogen-bond donors (Lipinski definition) is 2. The number of nitrogens with two attached hydrogens (primary N) is 1. The molecule has 0 saturated carbocycles. The van der Waals surface area contributed by atoms with E-state index in [4.69, 9.17) is 15.6 Å². The number of rotatable bonds is 5. The fourth-order valence-corrected chi connectivity index (χ4v) is 2.63. The van der Waals surface area contributed by atoms with Crippen molar-refractivity contribution in [3.8, 4) is 5.75 Å². The Labute approximate surface area is 121 Å². The molecule has 0 bridgehead atoms. The van der Waals surface area contributed by atoms with Crippen LogP contribution < -0.4 is 10.5 Å². The minimum Gasteiger partial charge on any atom is -0.495 e. The van der Waals surface area contributed by atoms with Crippen LogP contribution in [0.2, 0.25) is 0 Å². The highest BCUT2D eigenvalue weighted by Gasteiger charge is 2.04. The summed E-state index contributed by atoms with van der Waals surface area (Å²) in [5.41, 5.74) is 7.25. The number of carboxylic acid groups (broad SMARTS) is 1. The van der Waals surface area contributed by atoms with Crippen molar-refractivity contribution in [1.82, 2.24) is 0 Å². The highest BCUT2D eigenvalue weighted by atomic mass is 32.2. The van der Waals surface area contributed by atoms with E-state index >= 15 is 0 Å². The van der Waals surface area contributed by atoms with E-state index < -0.39 is 5.97 Å². The normalized spacial score (nSPS) is 10.2. The molecule has 4 nitrogen and oxygen atoms in total. The van der Waals surface area contributed by atoms with Gasteiger partial charge in [0.25, 0.3) is 0 Å². The average Bonchev–Trinajstić information content (AvgIpc) is 2.41. The lowest BCUT2D eigenvalue weighted by Gasteiger charge is -2.07. The molecule has 0 saturated heterocycles. The van der Waals surface area contributed by atoms with Crippen LogP contribution >= 0.6 is 11.8 Å². The van der Waals surface area contributed by atoms with Gasteiger partial charge in [0, 0.05) is 9.79 Å². The molecule has 0 fully saturated rings. The molecule has 0 aliphatic rings. The van der Waals surface area contributed by atoms with Gasteiger partial charge in [-0.25, -0.2) is 0 Å². The highest BCUT2D eigenvalue weighted by Crippen LogP contribution is 2.32. The summed E-state index contributed by atoms with van der Waals surface area (Å²) in [7, 11) is 1.58. The zero-order valence-corrected chi connectivity index (χ0v) is 11.8. The van der Waals surface area contributed by atoms with Crippen LogP contribution in [-0.2, 0) is 11.2 Å². The van der Waals surface area contributed by atoms with Gasteiger partial charge in [0.05, 0.1) is 19.2 Å². The van der Waals surface area contributed by atoms with E-state index in [-0.39, 0.29) is 6.42 Å². The third-order valence-corrected chi connectivity index (χ3v) is 3.71. The van der Waals surface area contributed by atoms with Crippen LogP contribution in [0.4, 0.5) is 5.69 Å². The predicted octanol–water partition coefficient (Wildman–Crippen LogP) is 3.06. The lowest BCUT2D eigenvalue weighted by molar-refractivity contribution is -0.136. The first-order chi connectivity index (χ1) is 9.58. The summed E-state index contributed by atoms with van der Waals surface area (Å²) < 4.78 is 5.11. The molecule has 0 unspecified atom stereocenters. The zero-order chi connectivity index (χ0) is 14.5. The number of methoxy groups -OCH3 is 1. The van der Waals surface area contributed by atoms with Gasteiger partial charge in [0.2, 0.25) is 0 Å². The second-order valence-corrected chi connectivity index (χ2v) is 5.37. The van der Waals surface area contributed by atoms with Gasteiger partial charge in [0.15, 0.2) is 0 Å². The molecule has 20 heavy (non-hydrogen) atoms. The lowest BCUT2D eigenvalue weighted by Crippen LogP contribution is -1.99. The average molecular weight is 289 g/mol. The first kappa shape index (κ1) is 14.3. The van der Waals surface area contributed by atoms with Gasteiger partial charge in [-0.05, 0) is 35.9 Å². The first-order valence-electron chi connectivity index (χ1n) is 6.00. The Hall–Kier alpha value is -2.14. The molecule has 0 aliphatic carbocycles. The van der Waals surface area contributed by atoms with E-state index in [1.54, 1.807) is 18.9 Å². The molecule has 0 amide bonds. The van der Waals surface area contributed by atoms with Crippen molar-refractivity contribution >= 4 is 23.4 Å². The molecule has 0 aliphatic heterocycles. The number of ether oxygens (including phenoxy) is 1. The predicted molar refractivity (Wildman–Crippen MR) is 79.3 cm³/mol. The molecule has 0 atom stereocenters. The summed E-state index contributed by atoms with van der Waals surface area (Å²) in [4.78, 5) is 12.7. The topological polar surface area (TPSA) is 72.5 Å². The first-order valence-corrected chi connectivity index (χ1v) is 6.82. The number of nitrogen functional groups attached to an aromatic ring is 1. The van der Waals surface area contributed by atoms with E-state index in [9.17, 15) is 4.79 Å². The summed E-state index contributed by atoms with van der Waals surface area (Å²) >= 11 is 1.57. The fourth-order valence-electron chi connectivity index (χ4n) is 1.76. The number of carbonyl (C=O) groups is 1. The Kier molecular flexibility index (Phi) is 4.53. The summed E-state index contributed by atoms with van der Waals surface area (Å²) in [6.45, 7) is 0. The molecule has 104 valence electrons.